The molecule has 0 saturated heterocycles. The molecule has 1 aliphatic heterocycles. The van der Waals surface area contributed by atoms with E-state index >= 15 is 0 Å². The van der Waals surface area contributed by atoms with Crippen molar-refractivity contribution in [3.63, 3.8) is 0 Å². The van der Waals surface area contributed by atoms with Crippen LogP contribution in [0.1, 0.15) is 52.1 Å². The van der Waals surface area contributed by atoms with Crippen molar-refractivity contribution < 1.29 is 28.9 Å². The smallest absolute Gasteiger partial charge is 0.305 e. The highest BCUT2D eigenvalue weighted by atomic mass is 35.5. The molecule has 4 rings (SSSR count). The van der Waals surface area contributed by atoms with Crippen molar-refractivity contribution in [2.24, 2.45) is 4.99 Å². The lowest BCUT2D eigenvalue weighted by molar-refractivity contribution is -0.138. The summed E-state index contributed by atoms with van der Waals surface area (Å²) in [6.45, 7) is 9.87. The highest BCUT2D eigenvalue weighted by Crippen LogP contribution is 2.39. The van der Waals surface area contributed by atoms with E-state index in [2.05, 4.69) is 29.4 Å². The number of likely N-dealkylation sites (N-methyl/N-ethyl adjacent to an activating group) is 1. The quantitative estimate of drug-likeness (QED) is 0.190. The Balaban J connectivity index is 0.000000263. The molecule has 11 nitrogen and oxygen atoms in total. The summed E-state index contributed by atoms with van der Waals surface area (Å²) in [6.07, 6.45) is 1.19. The third-order valence-electron chi connectivity index (χ3n) is 6.38. The second-order valence-corrected chi connectivity index (χ2v) is 11.0. The van der Waals surface area contributed by atoms with Gasteiger partial charge in [-0.3, -0.25) is 14.4 Å². The van der Waals surface area contributed by atoms with E-state index in [9.17, 15) is 9.59 Å². The number of thiophene rings is 1. The number of aldehydes is 1. The summed E-state index contributed by atoms with van der Waals surface area (Å²) in [4.78, 5) is 27.6. The molecule has 0 unspecified atom stereocenters. The molecule has 0 spiro atoms. The molecule has 0 bridgehead atoms. The SMILES string of the molecule is CNCCOCCOCCOCCC(=O)O.Cc1sc2c(c1C)C(c1ccc(Cl)cc1)=N[C@@H](CC=O)c1nnc(C)n1-2. The van der Waals surface area contributed by atoms with Crippen molar-refractivity contribution >= 4 is 40.9 Å². The van der Waals surface area contributed by atoms with Crippen molar-refractivity contribution in [3.05, 3.63) is 62.5 Å². The van der Waals surface area contributed by atoms with Gasteiger partial charge in [-0.05, 0) is 45.5 Å². The first kappa shape index (κ1) is 33.5. The number of aryl methyl sites for hydroxylation is 2. The molecule has 3 heterocycles. The zero-order valence-corrected chi connectivity index (χ0v) is 26.0. The van der Waals surface area contributed by atoms with Crippen molar-refractivity contribution in [1.82, 2.24) is 20.1 Å². The molecular formula is C29H38ClN5O6S. The number of halogens is 1. The molecule has 42 heavy (non-hydrogen) atoms. The van der Waals surface area contributed by atoms with Crippen LogP contribution in [0.3, 0.4) is 0 Å². The van der Waals surface area contributed by atoms with Crippen molar-refractivity contribution in [2.75, 3.05) is 53.2 Å². The maximum absolute atomic E-state index is 11.3. The number of nitrogens with one attached hydrogen (secondary N) is 1. The van der Waals surface area contributed by atoms with Crippen LogP contribution in [0, 0.1) is 20.8 Å². The number of rotatable bonds is 15. The molecule has 0 radical (unpaired) electrons. The van der Waals surface area contributed by atoms with Crippen LogP contribution in [0.5, 0.6) is 0 Å². The Morgan fingerprint density at radius 2 is 1.69 bits per heavy atom. The number of carbonyl (C=O) groups is 2. The molecule has 2 aromatic heterocycles. The first-order chi connectivity index (χ1) is 20.3. The lowest BCUT2D eigenvalue weighted by Crippen LogP contribution is -2.16. The molecule has 0 aliphatic carbocycles. The number of carboxylic acid groups (broad SMARTS) is 1. The van der Waals surface area contributed by atoms with Crippen LogP contribution < -0.4 is 5.32 Å². The summed E-state index contributed by atoms with van der Waals surface area (Å²) >= 11 is 7.77. The molecule has 228 valence electrons. The van der Waals surface area contributed by atoms with Gasteiger partial charge in [0.25, 0.3) is 0 Å². The van der Waals surface area contributed by atoms with Crippen LogP contribution in [-0.2, 0) is 23.8 Å². The molecule has 13 heteroatoms. The average molecular weight is 620 g/mol. The second-order valence-electron chi connectivity index (χ2n) is 9.39. The van der Waals surface area contributed by atoms with Gasteiger partial charge < -0.3 is 29.4 Å². The normalized spacial score (nSPS) is 13.8. The van der Waals surface area contributed by atoms with Gasteiger partial charge in [0, 0.05) is 34.0 Å². The number of nitrogens with zero attached hydrogens (tertiary/aromatic N) is 4. The highest BCUT2D eigenvalue weighted by molar-refractivity contribution is 7.15. The van der Waals surface area contributed by atoms with Gasteiger partial charge in [-0.15, -0.1) is 21.5 Å². The Kier molecular flexibility index (Phi) is 13.7. The summed E-state index contributed by atoms with van der Waals surface area (Å²) in [5.74, 6) is 0.658. The number of aliphatic imine (C=N–C) groups is 1. The Hall–Kier alpha value is -3.00. The van der Waals surface area contributed by atoms with Gasteiger partial charge in [0.1, 0.15) is 23.2 Å². The van der Waals surface area contributed by atoms with Crippen LogP contribution in [0.15, 0.2) is 29.3 Å². The Bertz CT molecular complexity index is 1340. The van der Waals surface area contributed by atoms with Gasteiger partial charge >= 0.3 is 5.97 Å². The monoisotopic (exact) mass is 619 g/mol. The number of benzene rings is 1. The molecule has 1 atom stereocenters. The second kappa shape index (κ2) is 17.2. The van der Waals surface area contributed by atoms with Gasteiger partial charge in [-0.1, -0.05) is 23.7 Å². The number of hydrogen-bond donors (Lipinski definition) is 2. The number of carboxylic acids is 1. The maximum Gasteiger partial charge on any atom is 0.305 e. The van der Waals surface area contributed by atoms with Crippen LogP contribution in [-0.4, -0.2) is 91.1 Å². The third kappa shape index (κ3) is 9.25. The van der Waals surface area contributed by atoms with Crippen molar-refractivity contribution in [1.29, 1.82) is 0 Å². The predicted molar refractivity (Wildman–Crippen MR) is 163 cm³/mol. The van der Waals surface area contributed by atoms with Crippen LogP contribution >= 0.6 is 22.9 Å². The van der Waals surface area contributed by atoms with Crippen LogP contribution in [0.2, 0.25) is 5.02 Å². The molecule has 1 aliphatic rings. The summed E-state index contributed by atoms with van der Waals surface area (Å²) < 4.78 is 17.5. The molecule has 0 amide bonds. The average Bonchev–Trinajstić information content (AvgIpc) is 3.44. The Labute approximate surface area is 254 Å². The molecule has 2 N–H and O–H groups in total. The summed E-state index contributed by atoms with van der Waals surface area (Å²) in [5.41, 5.74) is 4.11. The third-order valence-corrected chi connectivity index (χ3v) is 7.82. The fraction of sp³-hybridized carbons (Fsp3) is 0.483. The van der Waals surface area contributed by atoms with E-state index in [4.69, 9.17) is 35.9 Å². The van der Waals surface area contributed by atoms with E-state index in [1.165, 1.54) is 10.4 Å². The number of hydrogen-bond acceptors (Lipinski definition) is 10. The summed E-state index contributed by atoms with van der Waals surface area (Å²) in [6, 6.07) is 7.29. The lowest BCUT2D eigenvalue weighted by Gasteiger charge is -2.10. The van der Waals surface area contributed by atoms with E-state index < -0.39 is 5.97 Å². The van der Waals surface area contributed by atoms with E-state index in [0.29, 0.717) is 43.9 Å². The number of ether oxygens (including phenoxy) is 3. The lowest BCUT2D eigenvalue weighted by atomic mass is 10.00. The van der Waals surface area contributed by atoms with Gasteiger partial charge in [0.2, 0.25) is 0 Å². The van der Waals surface area contributed by atoms with Crippen LogP contribution in [0.4, 0.5) is 0 Å². The van der Waals surface area contributed by atoms with Gasteiger partial charge in [-0.2, -0.15) is 0 Å². The molecular weight excluding hydrogens is 582 g/mol. The minimum absolute atomic E-state index is 0.0349. The Morgan fingerprint density at radius 3 is 2.31 bits per heavy atom. The minimum atomic E-state index is -0.848. The zero-order chi connectivity index (χ0) is 30.5. The minimum Gasteiger partial charge on any atom is -0.481 e. The summed E-state index contributed by atoms with van der Waals surface area (Å²) in [7, 11) is 1.87. The van der Waals surface area contributed by atoms with E-state index in [1.807, 2.05) is 42.8 Å². The maximum atomic E-state index is 11.3. The number of carbonyl (C=O) groups excluding carboxylic acids is 1. The fourth-order valence-electron chi connectivity index (χ4n) is 4.12. The number of aliphatic carboxylic acids is 1. The highest BCUT2D eigenvalue weighted by Gasteiger charge is 2.31. The Morgan fingerprint density at radius 1 is 1.05 bits per heavy atom. The fourth-order valence-corrected chi connectivity index (χ4v) is 5.46. The van der Waals surface area contributed by atoms with Crippen LogP contribution in [0.25, 0.3) is 5.00 Å². The largest absolute Gasteiger partial charge is 0.481 e. The van der Waals surface area contributed by atoms with Gasteiger partial charge in [-0.25, -0.2) is 0 Å². The number of fused-ring (bicyclic) bond motifs is 3. The van der Waals surface area contributed by atoms with Crippen molar-refractivity contribution in [2.45, 2.75) is 39.7 Å². The topological polar surface area (TPSA) is 137 Å². The standard InChI is InChI=1S/C19H17ClN4OS.C10H21NO5/c1-10-11(2)26-19-16(10)17(13-4-6-14(20)7-5-13)21-15(8-9-25)18-23-22-12(3)24(18)19;1-11-3-5-15-7-9-16-8-6-14-4-2-10(12)13/h4-7,9,15H,8H2,1-3H3;11H,2-9H2,1H3,(H,12,13)/t15-;/m0./s1. The molecule has 1 aromatic carbocycles. The van der Waals surface area contributed by atoms with Gasteiger partial charge in [0.15, 0.2) is 5.82 Å². The predicted octanol–water partition coefficient (Wildman–Crippen LogP) is 4.12. The first-order valence-electron chi connectivity index (χ1n) is 13.7. The molecule has 0 fully saturated rings. The number of aromatic nitrogens is 3. The van der Waals surface area contributed by atoms with E-state index in [-0.39, 0.29) is 25.5 Å². The molecule has 3 aromatic rings. The summed E-state index contributed by atoms with van der Waals surface area (Å²) in [5, 5.41) is 21.6. The molecule has 0 saturated carbocycles. The first-order valence-corrected chi connectivity index (χ1v) is 14.9. The van der Waals surface area contributed by atoms with Gasteiger partial charge in [0.05, 0.1) is 51.8 Å². The van der Waals surface area contributed by atoms with E-state index in [1.54, 1.807) is 11.3 Å². The van der Waals surface area contributed by atoms with E-state index in [0.717, 1.165) is 40.5 Å². The van der Waals surface area contributed by atoms with Crippen molar-refractivity contribution in [3.8, 4) is 5.00 Å². The zero-order valence-electron chi connectivity index (χ0n) is 24.4.